The Morgan fingerprint density at radius 2 is 1.64 bits per heavy atom. The highest BCUT2D eigenvalue weighted by molar-refractivity contribution is 6.31. The summed E-state index contributed by atoms with van der Waals surface area (Å²) in [6, 6.07) is 23.4. The van der Waals surface area contributed by atoms with Gasteiger partial charge in [-0.2, -0.15) is 4.98 Å². The van der Waals surface area contributed by atoms with Gasteiger partial charge in [0.15, 0.2) is 0 Å². The number of nitrogens with one attached hydrogen (secondary N) is 2. The molecule has 140 valence electrons. The van der Waals surface area contributed by atoms with Crippen LogP contribution in [0, 0.1) is 0 Å². The zero-order chi connectivity index (χ0) is 19.2. The summed E-state index contributed by atoms with van der Waals surface area (Å²) in [6.07, 6.45) is 1.66. The summed E-state index contributed by atoms with van der Waals surface area (Å²) < 4.78 is 5.38. The SMILES string of the molecule is Clc1ccccc1CNc1nc(NCc2ccco2)cc(-c2ccccc2)n1. The molecule has 2 aromatic carbocycles. The van der Waals surface area contributed by atoms with Gasteiger partial charge in [0.05, 0.1) is 18.5 Å². The van der Waals surface area contributed by atoms with Crippen LogP contribution in [-0.4, -0.2) is 9.97 Å². The zero-order valence-electron chi connectivity index (χ0n) is 15.1. The lowest BCUT2D eigenvalue weighted by Gasteiger charge is -2.11. The summed E-state index contributed by atoms with van der Waals surface area (Å²) in [7, 11) is 0. The summed E-state index contributed by atoms with van der Waals surface area (Å²) in [4.78, 5) is 9.25. The average Bonchev–Trinajstić information content (AvgIpc) is 3.26. The van der Waals surface area contributed by atoms with Crippen LogP contribution < -0.4 is 10.6 Å². The van der Waals surface area contributed by atoms with Crippen molar-refractivity contribution in [1.82, 2.24) is 9.97 Å². The minimum Gasteiger partial charge on any atom is -0.467 e. The van der Waals surface area contributed by atoms with Gasteiger partial charge < -0.3 is 15.1 Å². The molecule has 0 unspecified atom stereocenters. The van der Waals surface area contributed by atoms with E-state index in [-0.39, 0.29) is 0 Å². The third kappa shape index (κ3) is 4.50. The number of anilines is 2. The van der Waals surface area contributed by atoms with E-state index in [9.17, 15) is 0 Å². The van der Waals surface area contributed by atoms with Crippen LogP contribution in [0.25, 0.3) is 11.3 Å². The Morgan fingerprint density at radius 1 is 0.821 bits per heavy atom. The maximum absolute atomic E-state index is 6.25. The van der Waals surface area contributed by atoms with E-state index in [1.165, 1.54) is 0 Å². The maximum atomic E-state index is 6.25. The van der Waals surface area contributed by atoms with Gasteiger partial charge in [0, 0.05) is 23.2 Å². The monoisotopic (exact) mass is 390 g/mol. The number of aromatic nitrogens is 2. The molecular formula is C22H19ClN4O. The van der Waals surface area contributed by atoms with E-state index in [2.05, 4.69) is 20.6 Å². The molecule has 0 aliphatic rings. The van der Waals surface area contributed by atoms with Gasteiger partial charge in [0.2, 0.25) is 5.95 Å². The van der Waals surface area contributed by atoms with Crippen molar-refractivity contribution in [2.45, 2.75) is 13.1 Å². The van der Waals surface area contributed by atoms with Crippen LogP contribution in [0.4, 0.5) is 11.8 Å². The molecular weight excluding hydrogens is 372 g/mol. The Balaban J connectivity index is 1.58. The van der Waals surface area contributed by atoms with Gasteiger partial charge in [-0.3, -0.25) is 0 Å². The molecule has 0 aliphatic heterocycles. The Bertz CT molecular complexity index is 1040. The van der Waals surface area contributed by atoms with E-state index in [0.717, 1.165) is 22.6 Å². The van der Waals surface area contributed by atoms with E-state index < -0.39 is 0 Å². The third-order valence-corrected chi connectivity index (χ3v) is 4.58. The number of rotatable bonds is 7. The number of halogens is 1. The highest BCUT2D eigenvalue weighted by atomic mass is 35.5. The summed E-state index contributed by atoms with van der Waals surface area (Å²) >= 11 is 6.25. The molecule has 0 saturated carbocycles. The topological polar surface area (TPSA) is 63.0 Å². The molecule has 0 aliphatic carbocycles. The normalized spacial score (nSPS) is 10.6. The van der Waals surface area contributed by atoms with Crippen molar-refractivity contribution in [2.24, 2.45) is 0 Å². The first-order valence-corrected chi connectivity index (χ1v) is 9.34. The van der Waals surface area contributed by atoms with Gasteiger partial charge in [0.1, 0.15) is 11.6 Å². The molecule has 5 nitrogen and oxygen atoms in total. The lowest BCUT2D eigenvalue weighted by molar-refractivity contribution is 0.518. The van der Waals surface area contributed by atoms with Crippen molar-refractivity contribution in [1.29, 1.82) is 0 Å². The Hall–Kier alpha value is -3.31. The molecule has 0 spiro atoms. The molecule has 4 aromatic rings. The van der Waals surface area contributed by atoms with Crippen molar-refractivity contribution in [2.75, 3.05) is 10.6 Å². The Kier molecular flexibility index (Phi) is 5.54. The molecule has 2 heterocycles. The average molecular weight is 391 g/mol. The van der Waals surface area contributed by atoms with Crippen LogP contribution in [0.2, 0.25) is 5.02 Å². The summed E-state index contributed by atoms with van der Waals surface area (Å²) in [5.41, 5.74) is 2.84. The van der Waals surface area contributed by atoms with Gasteiger partial charge >= 0.3 is 0 Å². The fourth-order valence-corrected chi connectivity index (χ4v) is 2.98. The first-order chi connectivity index (χ1) is 13.8. The predicted octanol–water partition coefficient (Wildman–Crippen LogP) is 5.61. The van der Waals surface area contributed by atoms with E-state index in [1.807, 2.05) is 72.8 Å². The molecule has 0 atom stereocenters. The molecule has 4 rings (SSSR count). The first-order valence-electron chi connectivity index (χ1n) is 8.96. The van der Waals surface area contributed by atoms with Crippen LogP contribution >= 0.6 is 11.6 Å². The molecule has 0 bridgehead atoms. The van der Waals surface area contributed by atoms with Crippen molar-refractivity contribution in [3.63, 3.8) is 0 Å². The largest absolute Gasteiger partial charge is 0.467 e. The standard InChI is InChI=1S/C22H19ClN4O/c23-19-11-5-4-9-17(19)14-25-22-26-20(16-7-2-1-3-8-16)13-21(27-22)24-15-18-10-6-12-28-18/h1-13H,14-15H2,(H2,24,25,26,27). The van der Waals surface area contributed by atoms with Gasteiger partial charge in [-0.15, -0.1) is 0 Å². The van der Waals surface area contributed by atoms with Crippen molar-refractivity contribution < 1.29 is 4.42 Å². The molecule has 2 N–H and O–H groups in total. The number of benzene rings is 2. The number of furan rings is 1. The van der Waals surface area contributed by atoms with Crippen LogP contribution in [0.1, 0.15) is 11.3 Å². The second kappa shape index (κ2) is 8.59. The predicted molar refractivity (Wildman–Crippen MR) is 112 cm³/mol. The van der Waals surface area contributed by atoms with E-state index in [1.54, 1.807) is 6.26 Å². The maximum Gasteiger partial charge on any atom is 0.225 e. The molecule has 0 amide bonds. The smallest absolute Gasteiger partial charge is 0.225 e. The highest BCUT2D eigenvalue weighted by Crippen LogP contribution is 2.23. The number of hydrogen-bond acceptors (Lipinski definition) is 5. The minimum absolute atomic E-state index is 0.531. The molecule has 6 heteroatoms. The first kappa shape index (κ1) is 18.1. The zero-order valence-corrected chi connectivity index (χ0v) is 15.9. The third-order valence-electron chi connectivity index (χ3n) is 4.21. The summed E-state index contributed by atoms with van der Waals surface area (Å²) in [6.45, 7) is 1.08. The molecule has 0 saturated heterocycles. The molecule has 0 fully saturated rings. The molecule has 28 heavy (non-hydrogen) atoms. The van der Waals surface area contributed by atoms with E-state index in [0.29, 0.717) is 29.9 Å². The van der Waals surface area contributed by atoms with E-state index in [4.69, 9.17) is 16.0 Å². The quantitative estimate of drug-likeness (QED) is 0.429. The number of hydrogen-bond donors (Lipinski definition) is 2. The van der Waals surface area contributed by atoms with Crippen molar-refractivity contribution in [3.8, 4) is 11.3 Å². The van der Waals surface area contributed by atoms with Crippen LogP contribution in [0.3, 0.4) is 0 Å². The van der Waals surface area contributed by atoms with Crippen LogP contribution in [-0.2, 0) is 13.1 Å². The van der Waals surface area contributed by atoms with Crippen molar-refractivity contribution >= 4 is 23.4 Å². The Morgan fingerprint density at radius 3 is 2.43 bits per heavy atom. The highest BCUT2D eigenvalue weighted by Gasteiger charge is 2.08. The summed E-state index contributed by atoms with van der Waals surface area (Å²) in [5, 5.41) is 7.28. The van der Waals surface area contributed by atoms with Gasteiger partial charge in [-0.25, -0.2) is 4.98 Å². The molecule has 0 radical (unpaired) electrons. The molecule has 2 aromatic heterocycles. The van der Waals surface area contributed by atoms with Crippen molar-refractivity contribution in [3.05, 3.63) is 95.4 Å². The number of nitrogens with zero attached hydrogens (tertiary/aromatic N) is 2. The van der Waals surface area contributed by atoms with Gasteiger partial charge in [0.25, 0.3) is 0 Å². The lowest BCUT2D eigenvalue weighted by atomic mass is 10.1. The van der Waals surface area contributed by atoms with Crippen LogP contribution in [0.5, 0.6) is 0 Å². The Labute approximate surface area is 168 Å². The van der Waals surface area contributed by atoms with Gasteiger partial charge in [-0.1, -0.05) is 60.1 Å². The lowest BCUT2D eigenvalue weighted by Crippen LogP contribution is -2.08. The summed E-state index contributed by atoms with van der Waals surface area (Å²) in [5.74, 6) is 2.08. The van der Waals surface area contributed by atoms with Gasteiger partial charge in [-0.05, 0) is 23.8 Å². The van der Waals surface area contributed by atoms with E-state index >= 15 is 0 Å². The second-order valence-electron chi connectivity index (χ2n) is 6.21. The minimum atomic E-state index is 0.531. The fraction of sp³-hybridized carbons (Fsp3) is 0.0909. The fourth-order valence-electron chi connectivity index (χ4n) is 2.78. The van der Waals surface area contributed by atoms with Crippen LogP contribution in [0.15, 0.2) is 83.5 Å². The second-order valence-corrected chi connectivity index (χ2v) is 6.61.